The topological polar surface area (TPSA) is 97.8 Å². The number of piperidine rings is 1. The molecule has 1 saturated heterocycles. The van der Waals surface area contributed by atoms with Gasteiger partial charge in [-0.25, -0.2) is 9.59 Å². The summed E-state index contributed by atoms with van der Waals surface area (Å²) in [5.74, 6) is -1.18. The average molecular weight is 558 g/mol. The van der Waals surface area contributed by atoms with Crippen LogP contribution < -0.4 is 5.32 Å². The van der Waals surface area contributed by atoms with Gasteiger partial charge in [-0.3, -0.25) is 14.7 Å². The molecule has 0 bridgehead atoms. The molecule has 2 heterocycles. The number of hydrogen-bond donors (Lipinski definition) is 1. The Morgan fingerprint density at radius 1 is 0.925 bits per heavy atom. The Morgan fingerprint density at radius 3 is 2.48 bits per heavy atom. The summed E-state index contributed by atoms with van der Waals surface area (Å²) in [5, 5.41) is 4.69. The Bertz CT molecular complexity index is 1520. The summed E-state index contributed by atoms with van der Waals surface area (Å²) in [5.41, 5.74) is 2.96. The van der Waals surface area contributed by atoms with Crippen molar-refractivity contribution in [1.29, 1.82) is 0 Å². The van der Waals surface area contributed by atoms with Gasteiger partial charge in [-0.2, -0.15) is 0 Å². The van der Waals surface area contributed by atoms with Crippen molar-refractivity contribution in [2.45, 2.75) is 18.9 Å². The molecule has 1 aliphatic heterocycles. The minimum absolute atomic E-state index is 0.0687. The van der Waals surface area contributed by atoms with E-state index in [2.05, 4.69) is 15.2 Å². The third-order valence-corrected chi connectivity index (χ3v) is 6.97. The predicted molar refractivity (Wildman–Crippen MR) is 153 cm³/mol. The number of anilines is 2. The van der Waals surface area contributed by atoms with Crippen LogP contribution >= 0.6 is 11.6 Å². The number of hydrogen-bond acceptors (Lipinski definition) is 8. The van der Waals surface area contributed by atoms with Gasteiger partial charge in [-0.05, 0) is 49.2 Å². The molecule has 0 spiro atoms. The number of benzene rings is 3. The van der Waals surface area contributed by atoms with Crippen molar-refractivity contribution >= 4 is 51.6 Å². The number of pyridine rings is 1. The summed E-state index contributed by atoms with van der Waals surface area (Å²) < 4.78 is 10.8. The number of nitrogens with zero attached hydrogens (tertiary/aromatic N) is 2. The van der Waals surface area contributed by atoms with Crippen molar-refractivity contribution in [1.82, 2.24) is 9.88 Å². The summed E-state index contributed by atoms with van der Waals surface area (Å²) in [6, 6.07) is 23.3. The first-order valence-electron chi connectivity index (χ1n) is 13.0. The molecule has 0 amide bonds. The normalized spacial score (nSPS) is 14.0. The number of rotatable bonds is 9. The van der Waals surface area contributed by atoms with E-state index in [-0.39, 0.29) is 17.5 Å². The largest absolute Gasteiger partial charge is 0.460 e. The first-order chi connectivity index (χ1) is 19.5. The van der Waals surface area contributed by atoms with Gasteiger partial charge >= 0.3 is 11.9 Å². The molecule has 0 aliphatic carbocycles. The van der Waals surface area contributed by atoms with Gasteiger partial charge in [-0.1, -0.05) is 54.1 Å². The van der Waals surface area contributed by atoms with E-state index in [0.29, 0.717) is 54.3 Å². The van der Waals surface area contributed by atoms with Gasteiger partial charge in [0.05, 0.1) is 23.3 Å². The number of ketones is 1. The smallest absolute Gasteiger partial charge is 0.344 e. The van der Waals surface area contributed by atoms with Crippen molar-refractivity contribution in [3.8, 4) is 0 Å². The van der Waals surface area contributed by atoms with Crippen LogP contribution in [0.15, 0.2) is 85.1 Å². The Hall–Kier alpha value is -4.27. The van der Waals surface area contributed by atoms with Gasteiger partial charge in [0.15, 0.2) is 12.4 Å². The minimum atomic E-state index is -0.643. The maximum Gasteiger partial charge on any atom is 0.344 e. The third kappa shape index (κ3) is 6.83. The van der Waals surface area contributed by atoms with Crippen LogP contribution in [0.5, 0.6) is 0 Å². The van der Waals surface area contributed by atoms with Crippen LogP contribution in [0, 0.1) is 0 Å². The molecule has 1 fully saturated rings. The van der Waals surface area contributed by atoms with Crippen LogP contribution in [0.2, 0.25) is 5.02 Å². The second-order valence-corrected chi connectivity index (χ2v) is 9.96. The van der Waals surface area contributed by atoms with Gasteiger partial charge in [0.1, 0.15) is 6.10 Å². The van der Waals surface area contributed by atoms with Gasteiger partial charge < -0.3 is 14.8 Å². The van der Waals surface area contributed by atoms with Crippen LogP contribution in [0.3, 0.4) is 0 Å². The molecule has 3 aromatic carbocycles. The van der Waals surface area contributed by atoms with E-state index >= 15 is 0 Å². The van der Waals surface area contributed by atoms with E-state index < -0.39 is 18.5 Å². The summed E-state index contributed by atoms with van der Waals surface area (Å²) in [4.78, 5) is 44.2. The number of likely N-dealkylation sites (tertiary alicyclic amines) is 1. The highest BCUT2D eigenvalue weighted by molar-refractivity contribution is 6.31. The number of nitrogens with one attached hydrogen (secondary N) is 1. The van der Waals surface area contributed by atoms with Crippen molar-refractivity contribution < 1.29 is 23.9 Å². The molecular formula is C31H28ClN3O5. The van der Waals surface area contributed by atoms with Gasteiger partial charge in [0, 0.05) is 40.9 Å². The fourth-order valence-electron chi connectivity index (χ4n) is 4.67. The Morgan fingerprint density at radius 2 is 1.68 bits per heavy atom. The van der Waals surface area contributed by atoms with Crippen LogP contribution in [-0.2, 0) is 14.3 Å². The number of esters is 2. The molecule has 1 N–H and O–H groups in total. The number of para-hydroxylation sites is 1. The molecule has 1 aliphatic rings. The molecule has 0 radical (unpaired) electrons. The van der Waals surface area contributed by atoms with E-state index in [9.17, 15) is 14.4 Å². The number of aromatic nitrogens is 1. The number of carbonyl (C=O) groups excluding carboxylic acids is 3. The Kier molecular flexibility index (Phi) is 8.68. The summed E-state index contributed by atoms with van der Waals surface area (Å²) in [6.07, 6.45) is 2.60. The summed E-state index contributed by atoms with van der Waals surface area (Å²) in [6.45, 7) is 1.13. The minimum Gasteiger partial charge on any atom is -0.460 e. The highest BCUT2D eigenvalue weighted by Gasteiger charge is 2.25. The van der Waals surface area contributed by atoms with Crippen molar-refractivity contribution in [2.75, 3.05) is 31.6 Å². The second kappa shape index (κ2) is 12.7. The van der Waals surface area contributed by atoms with Gasteiger partial charge in [0.2, 0.25) is 0 Å². The van der Waals surface area contributed by atoms with Crippen LogP contribution in [0.1, 0.15) is 33.6 Å². The number of halogens is 1. The molecule has 0 unspecified atom stereocenters. The number of fused-ring (bicyclic) bond motifs is 1. The zero-order chi connectivity index (χ0) is 27.9. The van der Waals surface area contributed by atoms with Gasteiger partial charge in [0.25, 0.3) is 0 Å². The summed E-state index contributed by atoms with van der Waals surface area (Å²) in [7, 11) is 0. The van der Waals surface area contributed by atoms with Crippen LogP contribution in [0.25, 0.3) is 10.9 Å². The fraction of sp³-hybridized carbons (Fsp3) is 0.226. The van der Waals surface area contributed by atoms with E-state index in [4.69, 9.17) is 21.1 Å². The lowest BCUT2D eigenvalue weighted by Gasteiger charge is -2.31. The first kappa shape index (κ1) is 27.3. The maximum atomic E-state index is 12.9. The molecule has 204 valence electrons. The molecule has 1 aromatic heterocycles. The standard InChI is InChI=1S/C31H28ClN3O5/c32-22-10-11-24-27(12-15-33-28(24)18-22)34-26-9-5-4-8-25(26)31(38)39-20-30(37)40-23-13-16-35(17-14-23)19-29(36)21-6-2-1-3-7-21/h1-12,15,18,23H,13-14,16-17,19-20H2,(H,33,34). The van der Waals surface area contributed by atoms with Crippen molar-refractivity contribution in [3.05, 3.63) is 101 Å². The first-order valence-corrected chi connectivity index (χ1v) is 13.4. The SMILES string of the molecule is O=C(COC(=O)c1ccccc1Nc1ccnc2cc(Cl)ccc12)OC1CCN(CC(=O)c2ccccc2)CC1. The lowest BCUT2D eigenvalue weighted by molar-refractivity contribution is -0.154. The molecule has 8 nitrogen and oxygen atoms in total. The third-order valence-electron chi connectivity index (χ3n) is 6.74. The van der Waals surface area contributed by atoms with Crippen LogP contribution in [0.4, 0.5) is 11.4 Å². The number of carbonyl (C=O) groups is 3. The highest BCUT2D eigenvalue weighted by atomic mass is 35.5. The Balaban J connectivity index is 1.12. The predicted octanol–water partition coefficient (Wildman–Crippen LogP) is 5.68. The molecule has 4 aromatic rings. The average Bonchev–Trinajstić information content (AvgIpc) is 2.97. The van der Waals surface area contributed by atoms with Crippen molar-refractivity contribution in [3.63, 3.8) is 0 Å². The number of ether oxygens (including phenoxy) is 2. The van der Waals surface area contributed by atoms with E-state index in [0.717, 1.165) is 11.1 Å². The fourth-order valence-corrected chi connectivity index (χ4v) is 4.84. The summed E-state index contributed by atoms with van der Waals surface area (Å²) >= 11 is 6.09. The lowest BCUT2D eigenvalue weighted by atomic mass is 10.1. The monoisotopic (exact) mass is 557 g/mol. The van der Waals surface area contributed by atoms with E-state index in [1.165, 1.54) is 0 Å². The molecule has 0 atom stereocenters. The van der Waals surface area contributed by atoms with E-state index in [1.54, 1.807) is 48.7 Å². The quantitative estimate of drug-likeness (QED) is 0.207. The molecule has 5 rings (SSSR count). The molecule has 40 heavy (non-hydrogen) atoms. The Labute approximate surface area is 236 Å². The van der Waals surface area contributed by atoms with E-state index in [1.807, 2.05) is 36.4 Å². The zero-order valence-electron chi connectivity index (χ0n) is 21.7. The number of Topliss-reactive ketones (excluding diaryl/α,β-unsaturated/α-hetero) is 1. The zero-order valence-corrected chi connectivity index (χ0v) is 22.5. The lowest BCUT2D eigenvalue weighted by Crippen LogP contribution is -2.40. The second-order valence-electron chi connectivity index (χ2n) is 9.52. The molecule has 9 heteroatoms. The maximum absolute atomic E-state index is 12.9. The molecule has 0 saturated carbocycles. The van der Waals surface area contributed by atoms with Crippen molar-refractivity contribution in [2.24, 2.45) is 0 Å². The molecular weight excluding hydrogens is 530 g/mol. The van der Waals surface area contributed by atoms with Crippen LogP contribution in [-0.4, -0.2) is 60.0 Å². The highest BCUT2D eigenvalue weighted by Crippen LogP contribution is 2.29. The van der Waals surface area contributed by atoms with Gasteiger partial charge in [-0.15, -0.1) is 0 Å².